The van der Waals surface area contributed by atoms with E-state index in [1.165, 1.54) is 16.3 Å². The summed E-state index contributed by atoms with van der Waals surface area (Å²) in [4.78, 5) is 17.5. The SMILES string of the molecule is Cc1ccc(/C(=C\C(=O)N(C)C)c2ccc3[nH]c4ccccc4c3c2)cc1. The maximum absolute atomic E-state index is 12.4. The highest BCUT2D eigenvalue weighted by atomic mass is 16.2. The van der Waals surface area contributed by atoms with Crippen LogP contribution < -0.4 is 0 Å². The molecule has 0 atom stereocenters. The maximum Gasteiger partial charge on any atom is 0.246 e. The Balaban J connectivity index is 1.92. The zero-order chi connectivity index (χ0) is 19.0. The second-order valence-corrected chi connectivity index (χ2v) is 7.09. The summed E-state index contributed by atoms with van der Waals surface area (Å²) in [7, 11) is 3.54. The van der Waals surface area contributed by atoms with Crippen LogP contribution in [0, 0.1) is 6.92 Å². The number of aryl methyl sites for hydroxylation is 1. The van der Waals surface area contributed by atoms with Gasteiger partial charge in [0.2, 0.25) is 5.91 Å². The summed E-state index contributed by atoms with van der Waals surface area (Å²) in [6.07, 6.45) is 1.72. The molecule has 0 aliphatic rings. The lowest BCUT2D eigenvalue weighted by atomic mass is 9.95. The van der Waals surface area contributed by atoms with E-state index in [9.17, 15) is 4.79 Å². The Bertz CT molecular complexity index is 1160. The Morgan fingerprint density at radius 3 is 2.26 bits per heavy atom. The minimum Gasteiger partial charge on any atom is -0.355 e. The van der Waals surface area contributed by atoms with Gasteiger partial charge in [-0.2, -0.15) is 0 Å². The molecule has 27 heavy (non-hydrogen) atoms. The molecular weight excluding hydrogens is 332 g/mol. The van der Waals surface area contributed by atoms with Crippen molar-refractivity contribution in [1.82, 2.24) is 9.88 Å². The minimum atomic E-state index is -0.0235. The summed E-state index contributed by atoms with van der Waals surface area (Å²) < 4.78 is 0. The zero-order valence-corrected chi connectivity index (χ0v) is 15.8. The van der Waals surface area contributed by atoms with Crippen LogP contribution in [0.5, 0.6) is 0 Å². The molecule has 3 nitrogen and oxygen atoms in total. The number of likely N-dealkylation sites (N-methyl/N-ethyl adjacent to an activating group) is 1. The van der Waals surface area contributed by atoms with Gasteiger partial charge in [0.05, 0.1) is 0 Å². The van der Waals surface area contributed by atoms with E-state index >= 15 is 0 Å². The van der Waals surface area contributed by atoms with E-state index in [1.807, 2.05) is 6.07 Å². The lowest BCUT2D eigenvalue weighted by Crippen LogP contribution is -2.19. The highest BCUT2D eigenvalue weighted by molar-refractivity contribution is 6.09. The van der Waals surface area contributed by atoms with Gasteiger partial charge in [-0.05, 0) is 41.8 Å². The summed E-state index contributed by atoms with van der Waals surface area (Å²) in [5, 5.41) is 2.36. The molecule has 1 N–H and O–H groups in total. The molecule has 1 amide bonds. The van der Waals surface area contributed by atoms with Gasteiger partial charge in [-0.25, -0.2) is 0 Å². The van der Waals surface area contributed by atoms with Gasteiger partial charge in [-0.15, -0.1) is 0 Å². The quantitative estimate of drug-likeness (QED) is 0.508. The molecular formula is C24H22N2O. The number of aromatic amines is 1. The van der Waals surface area contributed by atoms with Crippen LogP contribution >= 0.6 is 0 Å². The lowest BCUT2D eigenvalue weighted by molar-refractivity contribution is -0.123. The molecule has 1 heterocycles. The van der Waals surface area contributed by atoms with Crippen LogP contribution in [0.1, 0.15) is 16.7 Å². The number of rotatable bonds is 3. The van der Waals surface area contributed by atoms with Crippen molar-refractivity contribution in [2.75, 3.05) is 14.1 Å². The number of para-hydroxylation sites is 1. The normalized spacial score (nSPS) is 11.9. The predicted octanol–water partition coefficient (Wildman–Crippen LogP) is 5.15. The number of fused-ring (bicyclic) bond motifs is 3. The Morgan fingerprint density at radius 1 is 0.852 bits per heavy atom. The molecule has 4 rings (SSSR count). The third kappa shape index (κ3) is 3.24. The number of benzene rings is 3. The Kier molecular flexibility index (Phi) is 4.28. The summed E-state index contributed by atoms with van der Waals surface area (Å²) in [5.41, 5.74) is 6.42. The van der Waals surface area contributed by atoms with Gasteiger partial charge in [0.1, 0.15) is 0 Å². The number of H-pyrrole nitrogens is 1. The second kappa shape index (κ2) is 6.76. The van der Waals surface area contributed by atoms with Crippen molar-refractivity contribution in [3.05, 3.63) is 89.5 Å². The van der Waals surface area contributed by atoms with Gasteiger partial charge >= 0.3 is 0 Å². The molecule has 0 bridgehead atoms. The fraction of sp³-hybridized carbons (Fsp3) is 0.125. The third-order valence-corrected chi connectivity index (χ3v) is 4.89. The largest absolute Gasteiger partial charge is 0.355 e. The van der Waals surface area contributed by atoms with Crippen molar-refractivity contribution in [3.63, 3.8) is 0 Å². The number of nitrogens with zero attached hydrogens (tertiary/aromatic N) is 1. The van der Waals surface area contributed by atoms with Crippen molar-refractivity contribution in [3.8, 4) is 0 Å². The molecule has 3 aromatic carbocycles. The van der Waals surface area contributed by atoms with Crippen molar-refractivity contribution in [2.24, 2.45) is 0 Å². The second-order valence-electron chi connectivity index (χ2n) is 7.09. The number of nitrogens with one attached hydrogen (secondary N) is 1. The Labute approximate surface area is 158 Å². The van der Waals surface area contributed by atoms with Crippen LogP contribution in [-0.4, -0.2) is 29.9 Å². The van der Waals surface area contributed by atoms with Crippen molar-refractivity contribution < 1.29 is 4.79 Å². The van der Waals surface area contributed by atoms with Crippen LogP contribution in [0.25, 0.3) is 27.4 Å². The fourth-order valence-electron chi connectivity index (χ4n) is 3.33. The van der Waals surface area contributed by atoms with Crippen molar-refractivity contribution >= 4 is 33.3 Å². The first-order chi connectivity index (χ1) is 13.0. The van der Waals surface area contributed by atoms with Gasteiger partial charge in [0, 0.05) is 42.0 Å². The molecule has 0 saturated heterocycles. The average molecular weight is 354 g/mol. The maximum atomic E-state index is 12.4. The van der Waals surface area contributed by atoms with E-state index in [4.69, 9.17) is 0 Å². The molecule has 3 heteroatoms. The monoisotopic (exact) mass is 354 g/mol. The average Bonchev–Trinajstić information content (AvgIpc) is 3.04. The van der Waals surface area contributed by atoms with Gasteiger partial charge < -0.3 is 9.88 Å². The van der Waals surface area contributed by atoms with Crippen LogP contribution in [0.3, 0.4) is 0 Å². The van der Waals surface area contributed by atoms with E-state index in [-0.39, 0.29) is 5.91 Å². The van der Waals surface area contributed by atoms with Crippen LogP contribution in [0.15, 0.2) is 72.8 Å². The first kappa shape index (κ1) is 17.1. The molecule has 134 valence electrons. The summed E-state index contributed by atoms with van der Waals surface area (Å²) in [6, 6.07) is 22.9. The molecule has 4 aromatic rings. The van der Waals surface area contributed by atoms with Crippen molar-refractivity contribution in [1.29, 1.82) is 0 Å². The Hall–Kier alpha value is -3.33. The zero-order valence-electron chi connectivity index (χ0n) is 15.8. The molecule has 0 aliphatic heterocycles. The van der Waals surface area contributed by atoms with E-state index in [0.29, 0.717) is 0 Å². The molecule has 0 saturated carbocycles. The predicted molar refractivity (Wildman–Crippen MR) is 113 cm³/mol. The molecule has 0 unspecified atom stereocenters. The number of hydrogen-bond acceptors (Lipinski definition) is 1. The van der Waals surface area contributed by atoms with Gasteiger partial charge in [0.25, 0.3) is 0 Å². The topological polar surface area (TPSA) is 36.1 Å². The van der Waals surface area contributed by atoms with E-state index in [1.54, 1.807) is 25.1 Å². The van der Waals surface area contributed by atoms with Crippen LogP contribution in [0.2, 0.25) is 0 Å². The van der Waals surface area contributed by atoms with Crippen LogP contribution in [-0.2, 0) is 4.79 Å². The highest BCUT2D eigenvalue weighted by Crippen LogP contribution is 2.31. The molecule has 1 aromatic heterocycles. The van der Waals surface area contributed by atoms with Gasteiger partial charge in [0.15, 0.2) is 0 Å². The minimum absolute atomic E-state index is 0.0235. The van der Waals surface area contributed by atoms with Crippen molar-refractivity contribution in [2.45, 2.75) is 6.92 Å². The smallest absolute Gasteiger partial charge is 0.246 e. The highest BCUT2D eigenvalue weighted by Gasteiger charge is 2.12. The first-order valence-electron chi connectivity index (χ1n) is 9.04. The standard InChI is InChI=1S/C24H22N2O/c1-16-8-10-17(11-9-16)20(15-24(27)26(2)3)18-12-13-23-21(14-18)19-6-4-5-7-22(19)25-23/h4-15,25H,1-3H3/b20-15+. The number of hydrogen-bond donors (Lipinski definition) is 1. The Morgan fingerprint density at radius 2 is 1.52 bits per heavy atom. The third-order valence-electron chi connectivity index (χ3n) is 4.89. The summed E-state index contributed by atoms with van der Waals surface area (Å²) in [6.45, 7) is 2.07. The van der Waals surface area contributed by atoms with Crippen LogP contribution in [0.4, 0.5) is 0 Å². The van der Waals surface area contributed by atoms with E-state index < -0.39 is 0 Å². The van der Waals surface area contributed by atoms with E-state index in [0.717, 1.165) is 27.7 Å². The molecule has 0 aliphatic carbocycles. The summed E-state index contributed by atoms with van der Waals surface area (Å²) >= 11 is 0. The lowest BCUT2D eigenvalue weighted by Gasteiger charge is -2.12. The number of aromatic nitrogens is 1. The fourth-order valence-corrected chi connectivity index (χ4v) is 3.33. The van der Waals surface area contributed by atoms with E-state index in [2.05, 4.69) is 72.6 Å². The number of carbonyl (C=O) groups is 1. The van der Waals surface area contributed by atoms with Gasteiger partial charge in [-0.3, -0.25) is 4.79 Å². The molecule has 0 radical (unpaired) electrons. The number of amides is 1. The molecule has 0 spiro atoms. The number of carbonyl (C=O) groups excluding carboxylic acids is 1. The first-order valence-corrected chi connectivity index (χ1v) is 9.04. The van der Waals surface area contributed by atoms with Gasteiger partial charge in [-0.1, -0.05) is 54.1 Å². The summed E-state index contributed by atoms with van der Waals surface area (Å²) in [5.74, 6) is -0.0235. The molecule has 0 fully saturated rings.